The summed E-state index contributed by atoms with van der Waals surface area (Å²) >= 11 is 0. The SMILES string of the molecule is CN1CCC(N(C)C(=O)C2(N)CCC2)CC1. The molecule has 1 aliphatic heterocycles. The van der Waals surface area contributed by atoms with Gasteiger partial charge in [-0.2, -0.15) is 0 Å². The topological polar surface area (TPSA) is 49.6 Å². The lowest BCUT2D eigenvalue weighted by molar-refractivity contribution is -0.141. The van der Waals surface area contributed by atoms with Crippen LogP contribution in [0.3, 0.4) is 0 Å². The number of hydrogen-bond donors (Lipinski definition) is 1. The second kappa shape index (κ2) is 4.34. The maximum Gasteiger partial charge on any atom is 0.242 e. The van der Waals surface area contributed by atoms with Crippen LogP contribution in [0.25, 0.3) is 0 Å². The van der Waals surface area contributed by atoms with Crippen LogP contribution in [0.15, 0.2) is 0 Å². The number of rotatable bonds is 2. The average molecular weight is 225 g/mol. The largest absolute Gasteiger partial charge is 0.341 e. The van der Waals surface area contributed by atoms with Gasteiger partial charge in [0.15, 0.2) is 0 Å². The molecule has 0 bridgehead atoms. The Kier molecular flexibility index (Phi) is 3.22. The van der Waals surface area contributed by atoms with E-state index < -0.39 is 5.54 Å². The van der Waals surface area contributed by atoms with Crippen LogP contribution in [0.2, 0.25) is 0 Å². The Labute approximate surface area is 97.8 Å². The monoisotopic (exact) mass is 225 g/mol. The predicted molar refractivity (Wildman–Crippen MR) is 64.1 cm³/mol. The van der Waals surface area contributed by atoms with Crippen molar-refractivity contribution >= 4 is 5.91 Å². The Hall–Kier alpha value is -0.610. The van der Waals surface area contributed by atoms with Crippen LogP contribution in [0.5, 0.6) is 0 Å². The average Bonchev–Trinajstić information content (AvgIpc) is 2.25. The Morgan fingerprint density at radius 1 is 1.38 bits per heavy atom. The molecule has 4 nitrogen and oxygen atoms in total. The predicted octanol–water partition coefficient (Wildman–Crippen LogP) is 0.420. The van der Waals surface area contributed by atoms with Gasteiger partial charge in [-0.1, -0.05) is 0 Å². The minimum Gasteiger partial charge on any atom is -0.341 e. The molecule has 92 valence electrons. The molecule has 16 heavy (non-hydrogen) atoms. The first-order valence-corrected chi connectivity index (χ1v) is 6.28. The first-order chi connectivity index (χ1) is 7.53. The van der Waals surface area contributed by atoms with E-state index in [1.54, 1.807) is 0 Å². The zero-order valence-electron chi connectivity index (χ0n) is 10.4. The molecular formula is C12H23N3O. The van der Waals surface area contributed by atoms with Gasteiger partial charge in [0.25, 0.3) is 0 Å². The van der Waals surface area contributed by atoms with Crippen LogP contribution in [0.1, 0.15) is 32.1 Å². The third kappa shape index (κ3) is 2.09. The fourth-order valence-electron chi connectivity index (χ4n) is 2.67. The lowest BCUT2D eigenvalue weighted by atomic mass is 9.76. The van der Waals surface area contributed by atoms with Crippen LogP contribution in [0, 0.1) is 0 Å². The highest BCUT2D eigenvalue weighted by Gasteiger charge is 2.43. The molecule has 2 fully saturated rings. The Morgan fingerprint density at radius 3 is 2.38 bits per heavy atom. The number of nitrogens with zero attached hydrogens (tertiary/aromatic N) is 2. The van der Waals surface area contributed by atoms with E-state index in [4.69, 9.17) is 5.73 Å². The Morgan fingerprint density at radius 2 is 1.94 bits per heavy atom. The molecule has 0 unspecified atom stereocenters. The van der Waals surface area contributed by atoms with Gasteiger partial charge < -0.3 is 15.5 Å². The summed E-state index contributed by atoms with van der Waals surface area (Å²) in [7, 11) is 4.06. The Balaban J connectivity index is 1.91. The van der Waals surface area contributed by atoms with Gasteiger partial charge in [0.2, 0.25) is 5.91 Å². The van der Waals surface area contributed by atoms with Crippen molar-refractivity contribution < 1.29 is 4.79 Å². The standard InChI is InChI=1S/C12H23N3O/c1-14-8-4-10(5-9-14)15(2)11(16)12(13)6-3-7-12/h10H,3-9,13H2,1-2H3. The van der Waals surface area contributed by atoms with E-state index >= 15 is 0 Å². The van der Waals surface area contributed by atoms with Crippen LogP contribution in [-0.2, 0) is 4.79 Å². The molecule has 1 saturated heterocycles. The summed E-state index contributed by atoms with van der Waals surface area (Å²) in [5.74, 6) is 0.160. The molecule has 2 aliphatic rings. The van der Waals surface area contributed by atoms with E-state index in [0.717, 1.165) is 45.2 Å². The molecule has 0 aromatic heterocycles. The lowest BCUT2D eigenvalue weighted by Gasteiger charge is -2.43. The molecule has 1 aliphatic carbocycles. The lowest BCUT2D eigenvalue weighted by Crippen LogP contribution is -2.61. The van der Waals surface area contributed by atoms with E-state index in [-0.39, 0.29) is 5.91 Å². The molecule has 0 aromatic carbocycles. The summed E-state index contributed by atoms with van der Waals surface area (Å²) in [5, 5.41) is 0. The van der Waals surface area contributed by atoms with Crippen molar-refractivity contribution in [2.24, 2.45) is 5.73 Å². The van der Waals surface area contributed by atoms with Crippen molar-refractivity contribution in [2.45, 2.75) is 43.7 Å². The number of carbonyl (C=O) groups is 1. The second-order valence-corrected chi connectivity index (χ2v) is 5.46. The van der Waals surface area contributed by atoms with E-state index in [0.29, 0.717) is 6.04 Å². The first kappa shape index (κ1) is 11.9. The maximum absolute atomic E-state index is 12.2. The zero-order valence-corrected chi connectivity index (χ0v) is 10.4. The molecule has 1 saturated carbocycles. The van der Waals surface area contributed by atoms with Crippen LogP contribution in [0.4, 0.5) is 0 Å². The van der Waals surface area contributed by atoms with Crippen molar-refractivity contribution in [2.75, 3.05) is 27.2 Å². The molecular weight excluding hydrogens is 202 g/mol. The van der Waals surface area contributed by atoms with Crippen molar-refractivity contribution in [3.63, 3.8) is 0 Å². The highest BCUT2D eigenvalue weighted by atomic mass is 16.2. The maximum atomic E-state index is 12.2. The van der Waals surface area contributed by atoms with E-state index in [1.807, 2.05) is 11.9 Å². The van der Waals surface area contributed by atoms with E-state index in [9.17, 15) is 4.79 Å². The summed E-state index contributed by atoms with van der Waals surface area (Å²) in [6.07, 6.45) is 4.98. The summed E-state index contributed by atoms with van der Waals surface area (Å²) in [6, 6.07) is 0.393. The molecule has 1 amide bonds. The van der Waals surface area contributed by atoms with Crippen molar-refractivity contribution in [1.82, 2.24) is 9.80 Å². The van der Waals surface area contributed by atoms with Gasteiger partial charge in [0.05, 0.1) is 5.54 Å². The number of likely N-dealkylation sites (tertiary alicyclic amines) is 1. The smallest absolute Gasteiger partial charge is 0.242 e. The fourth-order valence-corrected chi connectivity index (χ4v) is 2.67. The van der Waals surface area contributed by atoms with E-state index in [1.165, 1.54) is 0 Å². The number of piperidine rings is 1. The molecule has 0 aromatic rings. The molecule has 2 N–H and O–H groups in total. The number of carbonyl (C=O) groups excluding carboxylic acids is 1. The van der Waals surface area contributed by atoms with Gasteiger partial charge >= 0.3 is 0 Å². The van der Waals surface area contributed by atoms with Crippen molar-refractivity contribution in [3.05, 3.63) is 0 Å². The van der Waals surface area contributed by atoms with Gasteiger partial charge in [-0.15, -0.1) is 0 Å². The van der Waals surface area contributed by atoms with E-state index in [2.05, 4.69) is 11.9 Å². The fraction of sp³-hybridized carbons (Fsp3) is 0.917. The summed E-state index contributed by atoms with van der Waals surface area (Å²) in [4.78, 5) is 16.4. The summed E-state index contributed by atoms with van der Waals surface area (Å²) in [5.41, 5.74) is 5.55. The highest BCUT2D eigenvalue weighted by molar-refractivity contribution is 5.87. The molecule has 1 heterocycles. The zero-order chi connectivity index (χ0) is 11.8. The number of nitrogens with two attached hydrogens (primary N) is 1. The number of likely N-dealkylation sites (N-methyl/N-ethyl adjacent to an activating group) is 1. The minimum absolute atomic E-state index is 0.160. The normalized spacial score (nSPS) is 26.2. The van der Waals surface area contributed by atoms with Gasteiger partial charge in [-0.25, -0.2) is 0 Å². The van der Waals surface area contributed by atoms with Crippen molar-refractivity contribution in [3.8, 4) is 0 Å². The van der Waals surface area contributed by atoms with Gasteiger partial charge in [-0.3, -0.25) is 4.79 Å². The van der Waals surface area contributed by atoms with Crippen LogP contribution >= 0.6 is 0 Å². The summed E-state index contributed by atoms with van der Waals surface area (Å²) < 4.78 is 0. The third-order valence-electron chi connectivity index (χ3n) is 4.23. The highest BCUT2D eigenvalue weighted by Crippen LogP contribution is 2.31. The second-order valence-electron chi connectivity index (χ2n) is 5.46. The quantitative estimate of drug-likeness (QED) is 0.741. The molecule has 0 radical (unpaired) electrons. The van der Waals surface area contributed by atoms with Gasteiger partial charge in [0, 0.05) is 13.1 Å². The summed E-state index contributed by atoms with van der Waals surface area (Å²) in [6.45, 7) is 2.17. The molecule has 2 rings (SSSR count). The van der Waals surface area contributed by atoms with Gasteiger partial charge in [0.1, 0.15) is 0 Å². The van der Waals surface area contributed by atoms with Crippen LogP contribution in [-0.4, -0.2) is 54.5 Å². The van der Waals surface area contributed by atoms with Crippen LogP contribution < -0.4 is 5.73 Å². The molecule has 0 spiro atoms. The van der Waals surface area contributed by atoms with Crippen molar-refractivity contribution in [1.29, 1.82) is 0 Å². The number of hydrogen-bond acceptors (Lipinski definition) is 3. The first-order valence-electron chi connectivity index (χ1n) is 6.28. The van der Waals surface area contributed by atoms with Gasteiger partial charge in [-0.05, 0) is 52.2 Å². The number of amides is 1. The minimum atomic E-state index is -0.530. The molecule has 0 atom stereocenters. The Bertz CT molecular complexity index is 267. The molecule has 4 heteroatoms. The third-order valence-corrected chi connectivity index (χ3v) is 4.23.